The highest BCUT2D eigenvalue weighted by Crippen LogP contribution is 2.36. The van der Waals surface area contributed by atoms with E-state index in [0.29, 0.717) is 6.04 Å². The predicted octanol–water partition coefficient (Wildman–Crippen LogP) is 2.51. The van der Waals surface area contributed by atoms with Gasteiger partial charge in [0.2, 0.25) is 0 Å². The molecule has 0 saturated heterocycles. The monoisotopic (exact) mass is 349 g/mol. The van der Waals surface area contributed by atoms with Crippen LogP contribution >= 0.6 is 0 Å². The maximum atomic E-state index is 10.6. The first kappa shape index (κ1) is 15.8. The van der Waals surface area contributed by atoms with E-state index in [9.17, 15) is 5.11 Å². The second kappa shape index (κ2) is 6.37. The van der Waals surface area contributed by atoms with Gasteiger partial charge in [-0.3, -0.25) is 9.58 Å². The van der Waals surface area contributed by atoms with E-state index >= 15 is 0 Å². The zero-order valence-electron chi connectivity index (χ0n) is 14.7. The average Bonchev–Trinajstić information content (AvgIpc) is 3.26. The van der Waals surface area contributed by atoms with Gasteiger partial charge in [0.15, 0.2) is 0 Å². The van der Waals surface area contributed by atoms with Crippen LogP contribution in [0.15, 0.2) is 48.9 Å². The van der Waals surface area contributed by atoms with E-state index in [1.165, 1.54) is 24.2 Å². The van der Waals surface area contributed by atoms with E-state index in [1.54, 1.807) is 0 Å². The molecule has 1 N–H and O–H groups in total. The van der Waals surface area contributed by atoms with E-state index in [2.05, 4.69) is 19.5 Å². The Hall–Kier alpha value is -2.44. The minimum atomic E-state index is -0.668. The molecular weight excluding hydrogens is 326 g/mol. The van der Waals surface area contributed by atoms with Gasteiger partial charge < -0.3 is 9.67 Å². The van der Waals surface area contributed by atoms with Gasteiger partial charge >= 0.3 is 0 Å². The zero-order chi connectivity index (χ0) is 17.5. The quantitative estimate of drug-likeness (QED) is 0.769. The summed E-state index contributed by atoms with van der Waals surface area (Å²) in [4.78, 5) is 6.78. The molecule has 2 aliphatic rings. The van der Waals surface area contributed by atoms with Gasteiger partial charge in [0.05, 0.1) is 30.0 Å². The lowest BCUT2D eigenvalue weighted by atomic mass is 10.1. The third-order valence-corrected chi connectivity index (χ3v) is 5.36. The molecule has 0 spiro atoms. The van der Waals surface area contributed by atoms with Crippen molar-refractivity contribution in [3.05, 3.63) is 71.6 Å². The van der Waals surface area contributed by atoms with E-state index in [-0.39, 0.29) is 0 Å². The fraction of sp³-hybridized carbons (Fsp3) is 0.400. The van der Waals surface area contributed by atoms with Crippen molar-refractivity contribution >= 4 is 0 Å². The van der Waals surface area contributed by atoms with Gasteiger partial charge in [-0.05, 0) is 24.5 Å². The number of hydrogen-bond acceptors (Lipinski definition) is 4. The molecule has 1 fully saturated rings. The van der Waals surface area contributed by atoms with Crippen LogP contribution in [0.25, 0.3) is 0 Å². The maximum absolute atomic E-state index is 10.6. The summed E-state index contributed by atoms with van der Waals surface area (Å²) in [7, 11) is 0. The smallest absolute Gasteiger partial charge is 0.123 e. The summed E-state index contributed by atoms with van der Waals surface area (Å²) < 4.78 is 4.37. The van der Waals surface area contributed by atoms with Crippen LogP contribution in [0.4, 0.5) is 0 Å². The highest BCUT2D eigenvalue weighted by atomic mass is 16.3. The van der Waals surface area contributed by atoms with Crippen molar-refractivity contribution in [1.29, 1.82) is 0 Å². The largest absolute Gasteiger partial charge is 0.382 e. The zero-order valence-corrected chi connectivity index (χ0v) is 14.7. The number of fused-ring (bicyclic) bond motifs is 1. The lowest BCUT2D eigenvalue weighted by molar-refractivity contribution is 0.197. The Morgan fingerprint density at radius 2 is 2.00 bits per heavy atom. The van der Waals surface area contributed by atoms with Gasteiger partial charge in [0.1, 0.15) is 6.10 Å². The molecule has 2 aromatic heterocycles. The number of benzene rings is 1. The molecule has 134 valence electrons. The van der Waals surface area contributed by atoms with Crippen LogP contribution < -0.4 is 0 Å². The van der Waals surface area contributed by atoms with Crippen LogP contribution in [-0.4, -0.2) is 35.9 Å². The molecule has 6 heteroatoms. The van der Waals surface area contributed by atoms with Crippen molar-refractivity contribution in [3.63, 3.8) is 0 Å². The Morgan fingerprint density at radius 3 is 2.81 bits per heavy atom. The second-order valence-electron chi connectivity index (χ2n) is 7.33. The van der Waals surface area contributed by atoms with Gasteiger partial charge in [-0.15, -0.1) is 0 Å². The number of nitrogens with zero attached hydrogens (tertiary/aromatic N) is 5. The minimum absolute atomic E-state index is 0.662. The molecule has 26 heavy (non-hydrogen) atoms. The number of aromatic nitrogens is 4. The Labute approximate surface area is 152 Å². The summed E-state index contributed by atoms with van der Waals surface area (Å²) in [6.07, 6.45) is 5.84. The molecule has 0 radical (unpaired) electrons. The molecule has 0 amide bonds. The second-order valence-corrected chi connectivity index (χ2v) is 7.33. The Kier molecular flexibility index (Phi) is 3.87. The molecule has 1 aliphatic heterocycles. The van der Waals surface area contributed by atoms with Crippen LogP contribution in [0, 0.1) is 0 Å². The molecule has 3 aromatic rings. The molecule has 1 aliphatic carbocycles. The first-order valence-electron chi connectivity index (χ1n) is 9.30. The van der Waals surface area contributed by atoms with Crippen molar-refractivity contribution < 1.29 is 5.11 Å². The Balaban J connectivity index is 1.32. The van der Waals surface area contributed by atoms with E-state index < -0.39 is 6.10 Å². The fourth-order valence-electron chi connectivity index (χ4n) is 3.78. The van der Waals surface area contributed by atoms with Crippen molar-refractivity contribution in [2.45, 2.75) is 44.6 Å². The van der Waals surface area contributed by atoms with Gasteiger partial charge in [-0.1, -0.05) is 30.3 Å². The lowest BCUT2D eigenvalue weighted by Crippen LogP contribution is -2.33. The highest BCUT2D eigenvalue weighted by molar-refractivity contribution is 5.27. The van der Waals surface area contributed by atoms with Gasteiger partial charge in [0, 0.05) is 31.9 Å². The number of aliphatic hydroxyl groups excluding tert-OH is 1. The molecule has 5 rings (SSSR count). The van der Waals surface area contributed by atoms with Gasteiger partial charge in [-0.2, -0.15) is 5.10 Å². The van der Waals surface area contributed by atoms with Gasteiger partial charge in [0.25, 0.3) is 0 Å². The summed E-state index contributed by atoms with van der Waals surface area (Å²) in [5.41, 5.74) is 4.08. The van der Waals surface area contributed by atoms with Crippen LogP contribution in [0.1, 0.15) is 47.6 Å². The van der Waals surface area contributed by atoms with Crippen molar-refractivity contribution in [2.75, 3.05) is 6.54 Å². The van der Waals surface area contributed by atoms with E-state index in [1.807, 2.05) is 53.6 Å². The molecule has 1 saturated carbocycles. The van der Waals surface area contributed by atoms with Crippen LogP contribution in [0.2, 0.25) is 0 Å². The summed E-state index contributed by atoms with van der Waals surface area (Å²) in [6, 6.07) is 12.4. The lowest BCUT2D eigenvalue weighted by Gasteiger charge is -2.27. The summed E-state index contributed by atoms with van der Waals surface area (Å²) in [5.74, 6) is 0. The number of rotatable bonds is 5. The standard InChI is InChI=1S/C20H23N5O/c26-20(15-4-2-1-3-5-15)19-10-17-12-23(8-9-25(17)22-19)13-18-11-21-14-24(18)16-6-7-16/h1-5,10-11,14,16,20,26H,6-9,12-13H2/t20-/m0/s1. The summed E-state index contributed by atoms with van der Waals surface area (Å²) in [5, 5.41) is 15.3. The highest BCUT2D eigenvalue weighted by Gasteiger charge is 2.27. The van der Waals surface area contributed by atoms with Gasteiger partial charge in [-0.25, -0.2) is 4.98 Å². The maximum Gasteiger partial charge on any atom is 0.123 e. The molecule has 0 bridgehead atoms. The molecule has 0 unspecified atom stereocenters. The molecule has 3 heterocycles. The number of aliphatic hydroxyl groups is 1. The summed E-state index contributed by atoms with van der Waals surface area (Å²) >= 11 is 0. The first-order valence-corrected chi connectivity index (χ1v) is 9.30. The van der Waals surface area contributed by atoms with Crippen molar-refractivity contribution in [2.24, 2.45) is 0 Å². The number of imidazole rings is 1. The van der Waals surface area contributed by atoms with Crippen molar-refractivity contribution in [1.82, 2.24) is 24.2 Å². The van der Waals surface area contributed by atoms with Crippen molar-refractivity contribution in [3.8, 4) is 0 Å². The molecule has 6 nitrogen and oxygen atoms in total. The first-order chi connectivity index (χ1) is 12.8. The fourth-order valence-corrected chi connectivity index (χ4v) is 3.78. The Morgan fingerprint density at radius 1 is 1.15 bits per heavy atom. The number of hydrogen-bond donors (Lipinski definition) is 1. The van der Waals surface area contributed by atoms with Crippen LogP contribution in [0.3, 0.4) is 0 Å². The third kappa shape index (κ3) is 2.95. The molecule has 1 atom stereocenters. The van der Waals surface area contributed by atoms with Crippen LogP contribution in [0.5, 0.6) is 0 Å². The summed E-state index contributed by atoms with van der Waals surface area (Å²) in [6.45, 7) is 3.59. The molecule has 1 aromatic carbocycles. The molecular formula is C20H23N5O. The van der Waals surface area contributed by atoms with E-state index in [4.69, 9.17) is 0 Å². The van der Waals surface area contributed by atoms with Crippen LogP contribution in [-0.2, 0) is 19.6 Å². The Bertz CT molecular complexity index is 896. The minimum Gasteiger partial charge on any atom is -0.382 e. The predicted molar refractivity (Wildman–Crippen MR) is 97.3 cm³/mol. The van der Waals surface area contributed by atoms with E-state index in [0.717, 1.165) is 37.4 Å². The third-order valence-electron chi connectivity index (χ3n) is 5.36. The topological polar surface area (TPSA) is 59.1 Å². The normalized spacial score (nSPS) is 18.7. The average molecular weight is 349 g/mol. The SMILES string of the molecule is O[C@@H](c1ccccc1)c1cc2n(n1)CCN(Cc1cncn1C1CC1)C2.